The minimum Gasteiger partial charge on any atom is -0.324 e. The van der Waals surface area contributed by atoms with Crippen molar-refractivity contribution >= 4 is 17.4 Å². The van der Waals surface area contributed by atoms with Crippen LogP contribution in [0.1, 0.15) is 34.1 Å². The molecule has 0 radical (unpaired) electrons. The molecule has 0 saturated heterocycles. The molecule has 1 heterocycles. The van der Waals surface area contributed by atoms with Gasteiger partial charge in [-0.1, -0.05) is 0 Å². The Labute approximate surface area is 138 Å². The molecule has 2 rings (SSSR count). The van der Waals surface area contributed by atoms with Gasteiger partial charge in [0.2, 0.25) is 5.91 Å². The van der Waals surface area contributed by atoms with Gasteiger partial charge in [-0.15, -0.1) is 0 Å². The number of aromatic nitrogens is 2. The Kier molecular flexibility index (Phi) is 4.90. The summed E-state index contributed by atoms with van der Waals surface area (Å²) in [5, 5.41) is 15.7. The zero-order valence-electron chi connectivity index (χ0n) is 13.6. The number of anilines is 1. The zero-order valence-corrected chi connectivity index (χ0v) is 13.6. The van der Waals surface area contributed by atoms with Crippen LogP contribution in [0.25, 0.3) is 0 Å². The quantitative estimate of drug-likeness (QED) is 0.860. The van der Waals surface area contributed by atoms with Crippen molar-refractivity contribution < 1.29 is 9.59 Å². The molecular weight excluding hydrogens is 308 g/mol. The number of amides is 1. The average molecular weight is 324 g/mol. The lowest BCUT2D eigenvalue weighted by molar-refractivity contribution is -0.117. The second kappa shape index (κ2) is 6.87. The molecule has 0 spiro atoms. The van der Waals surface area contributed by atoms with E-state index in [0.29, 0.717) is 22.5 Å². The molecule has 0 bridgehead atoms. The predicted octanol–water partition coefficient (Wildman–Crippen LogP) is 1.57. The lowest BCUT2D eigenvalue weighted by Gasteiger charge is -2.09. The van der Waals surface area contributed by atoms with Crippen molar-refractivity contribution in [3.63, 3.8) is 0 Å². The highest BCUT2D eigenvalue weighted by Crippen LogP contribution is 2.10. The molecule has 24 heavy (non-hydrogen) atoms. The third-order valence-electron chi connectivity index (χ3n) is 3.62. The summed E-state index contributed by atoms with van der Waals surface area (Å²) >= 11 is 0. The minimum atomic E-state index is -0.595. The van der Waals surface area contributed by atoms with E-state index < -0.39 is 11.5 Å². The fourth-order valence-electron chi connectivity index (χ4n) is 2.14. The molecule has 7 heteroatoms. The zero-order chi connectivity index (χ0) is 17.9. The third-order valence-corrected chi connectivity index (χ3v) is 3.62. The fourth-order valence-corrected chi connectivity index (χ4v) is 2.14. The predicted molar refractivity (Wildman–Crippen MR) is 87.8 cm³/mol. The van der Waals surface area contributed by atoms with E-state index >= 15 is 0 Å². The number of nitriles is 1. The van der Waals surface area contributed by atoms with Crippen molar-refractivity contribution in [2.24, 2.45) is 0 Å². The standard InChI is InChI=1S/C17H16N4O3/c1-10-11(2)20-21(17(24)15(10)8-18)9-16(23)19-14-6-4-13(5-7-14)12(3)22/h4-7H,9H2,1-3H3,(H,19,23). The van der Waals surface area contributed by atoms with Gasteiger partial charge in [-0.25, -0.2) is 4.68 Å². The first-order valence-corrected chi connectivity index (χ1v) is 7.22. The molecule has 1 N–H and O–H groups in total. The maximum absolute atomic E-state index is 12.1. The van der Waals surface area contributed by atoms with Crippen LogP contribution in [0.3, 0.4) is 0 Å². The van der Waals surface area contributed by atoms with Crippen LogP contribution in [0.5, 0.6) is 0 Å². The van der Waals surface area contributed by atoms with E-state index in [1.54, 1.807) is 38.1 Å². The van der Waals surface area contributed by atoms with Gasteiger partial charge in [-0.05, 0) is 50.6 Å². The number of ketones is 1. The highest BCUT2D eigenvalue weighted by atomic mass is 16.2. The van der Waals surface area contributed by atoms with Gasteiger partial charge in [0.25, 0.3) is 5.56 Å². The van der Waals surface area contributed by atoms with Gasteiger partial charge >= 0.3 is 0 Å². The number of aryl methyl sites for hydroxylation is 1. The first-order valence-electron chi connectivity index (χ1n) is 7.22. The second-order valence-corrected chi connectivity index (χ2v) is 5.34. The van der Waals surface area contributed by atoms with Crippen LogP contribution >= 0.6 is 0 Å². The van der Waals surface area contributed by atoms with Gasteiger partial charge in [0.05, 0.1) is 5.69 Å². The number of rotatable bonds is 4. The maximum atomic E-state index is 12.1. The molecule has 0 unspecified atom stereocenters. The minimum absolute atomic E-state index is 0.0129. The van der Waals surface area contributed by atoms with Crippen LogP contribution in [-0.2, 0) is 11.3 Å². The van der Waals surface area contributed by atoms with Crippen molar-refractivity contribution in [1.29, 1.82) is 5.26 Å². The first kappa shape index (κ1) is 17.1. The number of hydrogen-bond donors (Lipinski definition) is 1. The Hall–Kier alpha value is -3.27. The van der Waals surface area contributed by atoms with Crippen molar-refractivity contribution in [2.45, 2.75) is 27.3 Å². The summed E-state index contributed by atoms with van der Waals surface area (Å²) in [7, 11) is 0. The number of benzene rings is 1. The molecule has 2 aromatic rings. The SMILES string of the molecule is CC(=O)c1ccc(NC(=O)Cn2nc(C)c(C)c(C#N)c2=O)cc1. The summed E-state index contributed by atoms with van der Waals surface area (Å²) in [6, 6.07) is 8.26. The Bertz CT molecular complexity index is 905. The molecular formula is C17H16N4O3. The van der Waals surface area contributed by atoms with Gasteiger partial charge in [0, 0.05) is 11.3 Å². The normalized spacial score (nSPS) is 10.1. The molecule has 0 aliphatic rings. The molecule has 1 aromatic carbocycles. The molecule has 7 nitrogen and oxygen atoms in total. The Morgan fingerprint density at radius 1 is 1.25 bits per heavy atom. The Morgan fingerprint density at radius 3 is 2.42 bits per heavy atom. The fraction of sp³-hybridized carbons (Fsp3) is 0.235. The molecule has 0 fully saturated rings. The van der Waals surface area contributed by atoms with Crippen LogP contribution in [0, 0.1) is 25.2 Å². The monoisotopic (exact) mass is 324 g/mol. The van der Waals surface area contributed by atoms with E-state index in [-0.39, 0.29) is 17.9 Å². The lowest BCUT2D eigenvalue weighted by Crippen LogP contribution is -2.32. The molecule has 1 aromatic heterocycles. The van der Waals surface area contributed by atoms with Crippen LogP contribution in [0.2, 0.25) is 0 Å². The summed E-state index contributed by atoms with van der Waals surface area (Å²) in [5.41, 5.74) is 1.47. The smallest absolute Gasteiger partial charge is 0.285 e. The number of carbonyl (C=O) groups is 2. The van der Waals surface area contributed by atoms with E-state index in [2.05, 4.69) is 10.4 Å². The van der Waals surface area contributed by atoms with E-state index in [9.17, 15) is 14.4 Å². The van der Waals surface area contributed by atoms with Gasteiger partial charge in [-0.3, -0.25) is 14.4 Å². The number of hydrogen-bond acceptors (Lipinski definition) is 5. The van der Waals surface area contributed by atoms with Crippen LogP contribution in [0.4, 0.5) is 5.69 Å². The number of Topliss-reactive ketones (excluding diaryl/α,β-unsaturated/α-hetero) is 1. The van der Waals surface area contributed by atoms with Gasteiger partial charge in [0.15, 0.2) is 5.78 Å². The summed E-state index contributed by atoms with van der Waals surface area (Å²) in [4.78, 5) is 35.4. The lowest BCUT2D eigenvalue weighted by atomic mass is 10.1. The molecule has 0 aliphatic heterocycles. The average Bonchev–Trinajstić information content (AvgIpc) is 2.53. The van der Waals surface area contributed by atoms with Crippen molar-refractivity contribution in [1.82, 2.24) is 9.78 Å². The van der Waals surface area contributed by atoms with Gasteiger partial charge < -0.3 is 5.32 Å². The van der Waals surface area contributed by atoms with Gasteiger partial charge in [-0.2, -0.15) is 10.4 Å². The second-order valence-electron chi connectivity index (χ2n) is 5.34. The summed E-state index contributed by atoms with van der Waals surface area (Å²) in [6.07, 6.45) is 0. The van der Waals surface area contributed by atoms with Crippen molar-refractivity contribution in [2.75, 3.05) is 5.32 Å². The summed E-state index contributed by atoms with van der Waals surface area (Å²) in [5.74, 6) is -0.518. The molecule has 0 saturated carbocycles. The number of nitrogens with zero attached hydrogens (tertiary/aromatic N) is 3. The van der Waals surface area contributed by atoms with Crippen molar-refractivity contribution in [3.05, 3.63) is 57.0 Å². The van der Waals surface area contributed by atoms with E-state index in [0.717, 1.165) is 4.68 Å². The van der Waals surface area contributed by atoms with Crippen molar-refractivity contribution in [3.8, 4) is 6.07 Å². The molecule has 0 aliphatic carbocycles. The van der Waals surface area contributed by atoms with Crippen LogP contribution in [-0.4, -0.2) is 21.5 Å². The molecule has 0 atom stereocenters. The highest BCUT2D eigenvalue weighted by molar-refractivity contribution is 5.95. The first-order chi connectivity index (χ1) is 11.3. The Morgan fingerprint density at radius 2 is 1.88 bits per heavy atom. The summed E-state index contributed by atoms with van der Waals surface area (Å²) < 4.78 is 0.972. The molecule has 1 amide bonds. The summed E-state index contributed by atoms with van der Waals surface area (Å²) in [6.45, 7) is 4.47. The third kappa shape index (κ3) is 3.55. The molecule has 122 valence electrons. The van der Waals surface area contributed by atoms with Gasteiger partial charge in [0.1, 0.15) is 18.2 Å². The van der Waals surface area contributed by atoms with Crippen LogP contribution < -0.4 is 10.9 Å². The van der Waals surface area contributed by atoms with E-state index in [1.165, 1.54) is 6.92 Å². The highest BCUT2D eigenvalue weighted by Gasteiger charge is 2.14. The topological polar surface area (TPSA) is 105 Å². The number of nitrogens with one attached hydrogen (secondary N) is 1. The Balaban J connectivity index is 2.19. The maximum Gasteiger partial charge on any atom is 0.285 e. The number of carbonyl (C=O) groups excluding carboxylic acids is 2. The van der Waals surface area contributed by atoms with E-state index in [4.69, 9.17) is 5.26 Å². The van der Waals surface area contributed by atoms with Crippen LogP contribution in [0.15, 0.2) is 29.1 Å². The van der Waals surface area contributed by atoms with E-state index in [1.807, 2.05) is 6.07 Å². The largest absolute Gasteiger partial charge is 0.324 e.